The average molecular weight is 301 g/mol. The van der Waals surface area contributed by atoms with E-state index >= 15 is 0 Å². The zero-order valence-corrected chi connectivity index (χ0v) is 11.7. The minimum Gasteiger partial charge on any atom is -0.473 e. The first-order valence-corrected chi connectivity index (χ1v) is 6.79. The normalized spacial score (nSPS) is 14.4. The van der Waals surface area contributed by atoms with E-state index in [1.54, 1.807) is 6.20 Å². The van der Waals surface area contributed by atoms with Crippen LogP contribution in [0, 0.1) is 5.41 Å². The lowest BCUT2D eigenvalue weighted by molar-refractivity contribution is 0.290. The second-order valence-electron chi connectivity index (χ2n) is 4.91. The zero-order chi connectivity index (χ0) is 15.5. The molecule has 4 N–H and O–H groups in total. The second kappa shape index (κ2) is 5.80. The molecule has 0 unspecified atom stereocenters. The van der Waals surface area contributed by atoms with Crippen LogP contribution in [0.25, 0.3) is 5.82 Å². The molecule has 9 nitrogen and oxygen atoms in total. The molecule has 2 heterocycles. The standard InChI is InChI=1S/C13H15N7O2/c14-5-3-11(15)22-7-10-9(8-1-2-8)4-6-16-12(10)20-13(21)17-18-19-20/h3-6,8,15H,1-2,7,14H2,(H,17,19,21)/b5-3-,15-11?. The number of aromatic amines is 1. The Labute approximate surface area is 125 Å². The zero-order valence-electron chi connectivity index (χ0n) is 11.7. The number of tetrazole rings is 1. The van der Waals surface area contributed by atoms with Gasteiger partial charge in [-0.2, -0.15) is 0 Å². The predicted molar refractivity (Wildman–Crippen MR) is 77.6 cm³/mol. The molecule has 3 rings (SSSR count). The molecule has 1 saturated carbocycles. The molecule has 0 aromatic carbocycles. The lowest BCUT2D eigenvalue weighted by atomic mass is 10.1. The Morgan fingerprint density at radius 3 is 3.05 bits per heavy atom. The summed E-state index contributed by atoms with van der Waals surface area (Å²) in [5, 5.41) is 17.0. The number of pyridine rings is 1. The molecule has 114 valence electrons. The summed E-state index contributed by atoms with van der Waals surface area (Å²) >= 11 is 0. The van der Waals surface area contributed by atoms with E-state index in [0.717, 1.165) is 28.7 Å². The fraction of sp³-hybridized carbons (Fsp3) is 0.308. The number of hydrogen-bond acceptors (Lipinski definition) is 7. The highest BCUT2D eigenvalue weighted by Gasteiger charge is 2.28. The van der Waals surface area contributed by atoms with E-state index in [0.29, 0.717) is 11.7 Å². The first-order valence-electron chi connectivity index (χ1n) is 6.79. The molecule has 1 aliphatic rings. The van der Waals surface area contributed by atoms with Crippen molar-refractivity contribution in [3.05, 3.63) is 46.2 Å². The van der Waals surface area contributed by atoms with Crippen molar-refractivity contribution in [2.45, 2.75) is 25.4 Å². The van der Waals surface area contributed by atoms with Gasteiger partial charge in [-0.3, -0.25) is 5.41 Å². The molecule has 2 aromatic heterocycles. The molecular formula is C13H15N7O2. The third-order valence-corrected chi connectivity index (χ3v) is 3.38. The van der Waals surface area contributed by atoms with Gasteiger partial charge in [0, 0.05) is 17.8 Å². The van der Waals surface area contributed by atoms with E-state index in [1.807, 2.05) is 6.07 Å². The van der Waals surface area contributed by atoms with Crippen LogP contribution in [0.3, 0.4) is 0 Å². The molecule has 0 atom stereocenters. The summed E-state index contributed by atoms with van der Waals surface area (Å²) in [5.74, 6) is 0.737. The van der Waals surface area contributed by atoms with Crippen LogP contribution >= 0.6 is 0 Å². The Morgan fingerprint density at radius 2 is 2.41 bits per heavy atom. The Hall–Kier alpha value is -2.97. The highest BCUT2D eigenvalue weighted by Crippen LogP contribution is 2.42. The van der Waals surface area contributed by atoms with Gasteiger partial charge in [0.05, 0.1) is 0 Å². The van der Waals surface area contributed by atoms with Crippen molar-refractivity contribution in [1.29, 1.82) is 5.41 Å². The number of ether oxygens (including phenoxy) is 1. The summed E-state index contributed by atoms with van der Waals surface area (Å²) in [7, 11) is 0. The first-order chi connectivity index (χ1) is 10.7. The number of H-pyrrole nitrogens is 1. The number of hydrogen-bond donors (Lipinski definition) is 3. The monoisotopic (exact) mass is 301 g/mol. The molecule has 0 aliphatic heterocycles. The fourth-order valence-corrected chi connectivity index (χ4v) is 2.22. The molecule has 0 bridgehead atoms. The van der Waals surface area contributed by atoms with E-state index in [1.165, 1.54) is 12.3 Å². The van der Waals surface area contributed by atoms with Gasteiger partial charge >= 0.3 is 5.69 Å². The minimum absolute atomic E-state index is 0.0634. The number of nitrogens with two attached hydrogens (primary N) is 1. The number of aromatic nitrogens is 5. The fourth-order valence-electron chi connectivity index (χ4n) is 2.22. The van der Waals surface area contributed by atoms with Crippen molar-refractivity contribution in [3.63, 3.8) is 0 Å². The molecule has 0 amide bonds. The SMILES string of the molecule is N=C(/C=C\N)OCc1c(C2CC2)ccnc1-n1nn[nH]c1=O. The maximum atomic E-state index is 11.7. The van der Waals surface area contributed by atoms with Gasteiger partial charge in [-0.25, -0.2) is 14.9 Å². The van der Waals surface area contributed by atoms with E-state index < -0.39 is 5.69 Å². The molecule has 1 aliphatic carbocycles. The van der Waals surface area contributed by atoms with Crippen LogP contribution in [0.5, 0.6) is 0 Å². The van der Waals surface area contributed by atoms with E-state index in [9.17, 15) is 4.79 Å². The Balaban J connectivity index is 1.99. The van der Waals surface area contributed by atoms with Gasteiger partial charge in [0.15, 0.2) is 5.82 Å². The van der Waals surface area contributed by atoms with E-state index in [-0.39, 0.29) is 12.5 Å². The number of nitrogens with one attached hydrogen (secondary N) is 2. The van der Waals surface area contributed by atoms with Crippen LogP contribution in [0.1, 0.15) is 29.9 Å². The van der Waals surface area contributed by atoms with Gasteiger partial charge in [0.2, 0.25) is 5.90 Å². The molecule has 9 heteroatoms. The quantitative estimate of drug-likeness (QED) is 0.533. The summed E-state index contributed by atoms with van der Waals surface area (Å²) in [6.45, 7) is 0.109. The van der Waals surface area contributed by atoms with Crippen molar-refractivity contribution in [2.24, 2.45) is 5.73 Å². The Bertz CT molecular complexity index is 773. The first kappa shape index (κ1) is 14.0. The van der Waals surface area contributed by atoms with Crippen molar-refractivity contribution in [3.8, 4) is 5.82 Å². The Morgan fingerprint density at radius 1 is 1.59 bits per heavy atom. The highest BCUT2D eigenvalue weighted by atomic mass is 16.5. The second-order valence-corrected chi connectivity index (χ2v) is 4.91. The summed E-state index contributed by atoms with van der Waals surface area (Å²) in [5.41, 5.74) is 6.55. The molecule has 1 fully saturated rings. The van der Waals surface area contributed by atoms with Crippen LogP contribution in [0.2, 0.25) is 0 Å². The lowest BCUT2D eigenvalue weighted by Crippen LogP contribution is -2.20. The van der Waals surface area contributed by atoms with Crippen LogP contribution in [0.15, 0.2) is 29.3 Å². The van der Waals surface area contributed by atoms with E-state index in [2.05, 4.69) is 20.5 Å². The largest absolute Gasteiger partial charge is 0.473 e. The third kappa shape index (κ3) is 2.73. The topological polar surface area (TPSA) is 136 Å². The van der Waals surface area contributed by atoms with Gasteiger partial charge in [-0.15, -0.1) is 4.68 Å². The molecule has 22 heavy (non-hydrogen) atoms. The molecule has 0 spiro atoms. The highest BCUT2D eigenvalue weighted by molar-refractivity contribution is 5.84. The van der Waals surface area contributed by atoms with Crippen LogP contribution in [0.4, 0.5) is 0 Å². The van der Waals surface area contributed by atoms with Gasteiger partial charge < -0.3 is 10.5 Å². The van der Waals surface area contributed by atoms with Crippen LogP contribution < -0.4 is 11.4 Å². The lowest BCUT2D eigenvalue weighted by Gasteiger charge is -2.13. The maximum Gasteiger partial charge on any atom is 0.367 e. The van der Waals surface area contributed by atoms with E-state index in [4.69, 9.17) is 15.9 Å². The maximum absolute atomic E-state index is 11.7. The number of rotatable bonds is 5. The third-order valence-electron chi connectivity index (χ3n) is 3.38. The van der Waals surface area contributed by atoms with Crippen molar-refractivity contribution in [1.82, 2.24) is 25.2 Å². The van der Waals surface area contributed by atoms with Gasteiger partial charge in [0.25, 0.3) is 0 Å². The summed E-state index contributed by atoms with van der Waals surface area (Å²) < 4.78 is 6.46. The van der Waals surface area contributed by atoms with Crippen molar-refractivity contribution >= 4 is 5.90 Å². The Kier molecular flexibility index (Phi) is 3.69. The predicted octanol–water partition coefficient (Wildman–Crippen LogP) is 0.194. The number of nitrogens with zero attached hydrogens (tertiary/aromatic N) is 4. The van der Waals surface area contributed by atoms with Crippen LogP contribution in [-0.4, -0.2) is 31.1 Å². The average Bonchev–Trinajstić information content (AvgIpc) is 3.27. The summed E-state index contributed by atoms with van der Waals surface area (Å²) in [6, 6.07) is 1.91. The van der Waals surface area contributed by atoms with Crippen LogP contribution in [-0.2, 0) is 11.3 Å². The molecule has 0 saturated heterocycles. The molecular weight excluding hydrogens is 286 g/mol. The van der Waals surface area contributed by atoms with Crippen molar-refractivity contribution < 1.29 is 4.74 Å². The summed E-state index contributed by atoms with van der Waals surface area (Å²) in [4.78, 5) is 16.0. The molecule has 0 radical (unpaired) electrons. The molecule has 2 aromatic rings. The minimum atomic E-state index is -0.473. The van der Waals surface area contributed by atoms with Gasteiger partial charge in [-0.05, 0) is 47.0 Å². The van der Waals surface area contributed by atoms with Crippen molar-refractivity contribution in [2.75, 3.05) is 0 Å². The van der Waals surface area contributed by atoms with Gasteiger partial charge in [0.1, 0.15) is 6.61 Å². The van der Waals surface area contributed by atoms with Gasteiger partial charge in [-0.1, -0.05) is 0 Å². The smallest absolute Gasteiger partial charge is 0.367 e. The summed E-state index contributed by atoms with van der Waals surface area (Å²) in [6.07, 6.45) is 6.39.